The van der Waals surface area contributed by atoms with Gasteiger partial charge in [0.15, 0.2) is 0 Å². The first-order chi connectivity index (χ1) is 13.4. The molecule has 1 saturated carbocycles. The molecule has 0 heterocycles. The molecule has 4 N–H and O–H groups in total. The fourth-order valence-electron chi connectivity index (χ4n) is 1.50. The van der Waals surface area contributed by atoms with Gasteiger partial charge < -0.3 is 16.4 Å². The number of hydrogen-bond donors (Lipinski definition) is 3. The Balaban J connectivity index is 0. The molecule has 0 aliphatic heterocycles. The number of rotatable bonds is 6. The molecule has 0 unspecified atom stereocenters. The highest BCUT2D eigenvalue weighted by molar-refractivity contribution is 5.84. The molecule has 1 fully saturated rings. The van der Waals surface area contributed by atoms with E-state index < -0.39 is 17.8 Å². The summed E-state index contributed by atoms with van der Waals surface area (Å²) in [6, 6.07) is 0. The van der Waals surface area contributed by atoms with E-state index in [1.807, 2.05) is 40.7 Å². The van der Waals surface area contributed by atoms with Crippen LogP contribution in [-0.2, 0) is 14.4 Å². The fourth-order valence-corrected chi connectivity index (χ4v) is 1.50. The Morgan fingerprint density at radius 3 is 1.80 bits per heavy atom. The van der Waals surface area contributed by atoms with Crippen LogP contribution in [0.3, 0.4) is 0 Å². The van der Waals surface area contributed by atoms with E-state index in [2.05, 4.69) is 16.4 Å². The van der Waals surface area contributed by atoms with Gasteiger partial charge in [-0.25, -0.2) is 4.39 Å². The van der Waals surface area contributed by atoms with Crippen molar-refractivity contribution in [2.24, 2.45) is 11.1 Å². The summed E-state index contributed by atoms with van der Waals surface area (Å²) in [7, 11) is 0. The smallest absolute Gasteiger partial charge is 0.362 e. The van der Waals surface area contributed by atoms with Gasteiger partial charge in [0, 0.05) is 13.0 Å². The van der Waals surface area contributed by atoms with Crippen LogP contribution in [0, 0.1) is 5.41 Å². The van der Waals surface area contributed by atoms with Crippen LogP contribution in [0.25, 0.3) is 0 Å². The quantitative estimate of drug-likeness (QED) is 0.434. The van der Waals surface area contributed by atoms with Crippen molar-refractivity contribution in [1.29, 1.82) is 0 Å². The maximum atomic E-state index is 11.8. The molecule has 176 valence electrons. The summed E-state index contributed by atoms with van der Waals surface area (Å²) in [5.41, 5.74) is 4.25. The van der Waals surface area contributed by atoms with Crippen LogP contribution in [0.1, 0.15) is 67.2 Å². The second-order valence-electron chi connectivity index (χ2n) is 8.52. The first kappa shape index (κ1) is 30.1. The van der Waals surface area contributed by atoms with Gasteiger partial charge in [0.1, 0.15) is 5.67 Å². The van der Waals surface area contributed by atoms with Crippen molar-refractivity contribution in [2.75, 3.05) is 13.1 Å². The van der Waals surface area contributed by atoms with Crippen molar-refractivity contribution in [3.8, 4) is 0 Å². The molecule has 1 rings (SSSR count). The molecule has 30 heavy (non-hydrogen) atoms. The zero-order valence-corrected chi connectivity index (χ0v) is 18.6. The Labute approximate surface area is 176 Å². The molecule has 3 amide bonds. The highest BCUT2D eigenvalue weighted by Crippen LogP contribution is 2.38. The van der Waals surface area contributed by atoms with Gasteiger partial charge in [0.2, 0.25) is 11.8 Å². The van der Waals surface area contributed by atoms with Gasteiger partial charge in [-0.2, -0.15) is 13.2 Å². The van der Waals surface area contributed by atoms with Crippen LogP contribution in [-0.4, -0.2) is 42.7 Å². The van der Waals surface area contributed by atoms with E-state index in [0.717, 1.165) is 19.3 Å². The molecule has 10 heteroatoms. The number of allylic oxidation sites excluding steroid dienone is 1. The lowest BCUT2D eigenvalue weighted by Gasteiger charge is -2.17. The summed E-state index contributed by atoms with van der Waals surface area (Å²) in [5.74, 6) is -2.48. The van der Waals surface area contributed by atoms with Gasteiger partial charge >= 0.3 is 12.1 Å². The molecule has 0 saturated heterocycles. The van der Waals surface area contributed by atoms with Gasteiger partial charge in [-0.3, -0.25) is 14.4 Å². The molecule has 0 atom stereocenters. The Hall–Kier alpha value is -2.13. The van der Waals surface area contributed by atoms with Crippen LogP contribution in [0.15, 0.2) is 11.6 Å². The van der Waals surface area contributed by atoms with Crippen LogP contribution < -0.4 is 16.4 Å². The van der Waals surface area contributed by atoms with Gasteiger partial charge in [-0.15, -0.1) is 0 Å². The molecule has 0 radical (unpaired) electrons. The maximum Gasteiger partial charge on any atom is 0.470 e. The second kappa shape index (κ2) is 13.2. The molecule has 0 bridgehead atoms. The number of nitrogens with one attached hydrogen (secondary N) is 2. The van der Waals surface area contributed by atoms with E-state index in [4.69, 9.17) is 4.79 Å². The van der Waals surface area contributed by atoms with Crippen molar-refractivity contribution in [2.45, 2.75) is 79.1 Å². The summed E-state index contributed by atoms with van der Waals surface area (Å²) >= 11 is 0. The minimum atomic E-state index is -4.86. The fraction of sp³-hybridized carbons (Fsp3) is 0.750. The zero-order chi connectivity index (χ0) is 24.2. The standard InChI is InChI=1S/C14H26N2O2.C4H7F.C2H2F3NO/c1-6-11(2)7-8-15-13(18)10-16-12(17)9-14(3,4)5;1-4(5)2-3-4;3-2(4,5)1(6)7/h6H,7-10H2,1-5H3,(H,15,18)(H,16,17);2-3H2,1H3;(H2,6,7)/b11-6+;;. The van der Waals surface area contributed by atoms with Crippen molar-refractivity contribution in [3.05, 3.63) is 11.6 Å². The highest BCUT2D eigenvalue weighted by Gasteiger charge is 2.36. The predicted octanol–water partition coefficient (Wildman–Crippen LogP) is 3.55. The normalized spacial score (nSPS) is 14.9. The Morgan fingerprint density at radius 1 is 1.07 bits per heavy atom. The molecule has 1 aliphatic rings. The summed E-state index contributed by atoms with van der Waals surface area (Å²) in [6.45, 7) is 12.3. The molecule has 6 nitrogen and oxygen atoms in total. The first-order valence-corrected chi connectivity index (χ1v) is 9.60. The number of hydrogen-bond acceptors (Lipinski definition) is 3. The van der Waals surface area contributed by atoms with Gasteiger partial charge in [-0.1, -0.05) is 32.4 Å². The van der Waals surface area contributed by atoms with Crippen LogP contribution >= 0.6 is 0 Å². The van der Waals surface area contributed by atoms with Gasteiger partial charge in [0.25, 0.3) is 0 Å². The Kier molecular flexibility index (Phi) is 13.3. The lowest BCUT2D eigenvalue weighted by molar-refractivity contribution is -0.169. The monoisotopic (exact) mass is 441 g/mol. The number of primary amides is 1. The number of nitrogens with two attached hydrogens (primary N) is 1. The largest absolute Gasteiger partial charge is 0.470 e. The van der Waals surface area contributed by atoms with E-state index in [0.29, 0.717) is 13.0 Å². The van der Waals surface area contributed by atoms with E-state index in [9.17, 15) is 27.2 Å². The summed E-state index contributed by atoms with van der Waals surface area (Å²) < 4.78 is 43.9. The van der Waals surface area contributed by atoms with Crippen molar-refractivity contribution in [1.82, 2.24) is 10.6 Å². The lowest BCUT2D eigenvalue weighted by Crippen LogP contribution is -2.38. The Bertz CT molecular complexity index is 589. The molecular weight excluding hydrogens is 406 g/mol. The molecule has 1 aliphatic carbocycles. The SMILES string of the molecule is C/C=C(\C)CCNC(=O)CNC(=O)CC(C)(C)C.CC1(F)CC1.NC(=O)C(F)(F)F. The van der Waals surface area contributed by atoms with E-state index in [1.54, 1.807) is 6.92 Å². The average molecular weight is 442 g/mol. The van der Waals surface area contributed by atoms with Gasteiger partial charge in [-0.05, 0) is 45.4 Å². The molecule has 0 aromatic carbocycles. The summed E-state index contributed by atoms with van der Waals surface area (Å²) in [5, 5.41) is 5.40. The first-order valence-electron chi connectivity index (χ1n) is 9.60. The van der Waals surface area contributed by atoms with Gasteiger partial charge in [0.05, 0.1) is 6.54 Å². The third-order valence-corrected chi connectivity index (χ3v) is 3.69. The zero-order valence-electron chi connectivity index (χ0n) is 18.6. The number of carbonyl (C=O) groups is 3. The van der Waals surface area contributed by atoms with Crippen LogP contribution in [0.4, 0.5) is 17.6 Å². The van der Waals surface area contributed by atoms with E-state index in [-0.39, 0.29) is 23.8 Å². The summed E-state index contributed by atoms with van der Waals surface area (Å²) in [6.07, 6.45) is 0.00734. The third-order valence-electron chi connectivity index (χ3n) is 3.69. The van der Waals surface area contributed by atoms with Crippen molar-refractivity contribution in [3.63, 3.8) is 0 Å². The molecule has 0 aromatic heterocycles. The van der Waals surface area contributed by atoms with Crippen LogP contribution in [0.2, 0.25) is 0 Å². The van der Waals surface area contributed by atoms with Crippen LogP contribution in [0.5, 0.6) is 0 Å². The van der Waals surface area contributed by atoms with E-state index in [1.165, 1.54) is 5.57 Å². The topological polar surface area (TPSA) is 101 Å². The second-order valence-corrected chi connectivity index (χ2v) is 8.52. The number of amides is 3. The van der Waals surface area contributed by atoms with Crippen molar-refractivity contribution >= 4 is 17.7 Å². The predicted molar refractivity (Wildman–Crippen MR) is 108 cm³/mol. The molecule has 0 aromatic rings. The summed E-state index contributed by atoms with van der Waals surface area (Å²) in [4.78, 5) is 32.0. The average Bonchev–Trinajstić information content (AvgIpc) is 3.26. The number of alkyl halides is 4. The minimum Gasteiger partial charge on any atom is -0.362 e. The number of halogens is 4. The molecular formula is C20H35F4N3O3. The highest BCUT2D eigenvalue weighted by atomic mass is 19.4. The van der Waals surface area contributed by atoms with E-state index >= 15 is 0 Å². The molecule has 0 spiro atoms. The third kappa shape index (κ3) is 22.2. The number of carbonyl (C=O) groups excluding carboxylic acids is 3. The lowest BCUT2D eigenvalue weighted by atomic mass is 9.92. The van der Waals surface area contributed by atoms with Crippen molar-refractivity contribution < 1.29 is 31.9 Å². The Morgan fingerprint density at radius 2 is 1.50 bits per heavy atom. The maximum absolute atomic E-state index is 11.8. The minimum absolute atomic E-state index is 0.0520.